The van der Waals surface area contributed by atoms with Crippen LogP contribution >= 0.6 is 23.4 Å². The molecule has 3 aromatic rings. The minimum Gasteiger partial charge on any atom is -0.331 e. The maximum atomic E-state index is 12.6. The van der Waals surface area contributed by atoms with Crippen molar-refractivity contribution in [2.75, 3.05) is 11.4 Å². The fourth-order valence-corrected chi connectivity index (χ4v) is 3.80. The highest BCUT2D eigenvalue weighted by molar-refractivity contribution is 8.00. The van der Waals surface area contributed by atoms with Gasteiger partial charge in [0.15, 0.2) is 10.8 Å². The van der Waals surface area contributed by atoms with Crippen LogP contribution in [-0.2, 0) is 11.8 Å². The summed E-state index contributed by atoms with van der Waals surface area (Å²) < 4.78 is 1.69. The van der Waals surface area contributed by atoms with Crippen molar-refractivity contribution >= 4 is 46.1 Å². The highest BCUT2D eigenvalue weighted by Crippen LogP contribution is 2.32. The van der Waals surface area contributed by atoms with Gasteiger partial charge < -0.3 is 9.88 Å². The van der Waals surface area contributed by atoms with Crippen molar-refractivity contribution in [2.24, 2.45) is 7.05 Å². The molecule has 9 heteroatoms. The Kier molecular flexibility index (Phi) is 3.50. The number of aromatic amines is 1. The Labute approximate surface area is 141 Å². The molecule has 0 bridgehead atoms. The summed E-state index contributed by atoms with van der Waals surface area (Å²) >= 11 is 7.35. The smallest absolute Gasteiger partial charge is 0.240 e. The molecule has 1 N–H and O–H groups in total. The van der Waals surface area contributed by atoms with Crippen molar-refractivity contribution in [3.8, 4) is 0 Å². The summed E-state index contributed by atoms with van der Waals surface area (Å²) in [6.45, 7) is 0.687. The molecular formula is C14H13ClN6OS. The van der Waals surface area contributed by atoms with Crippen LogP contribution in [0.3, 0.4) is 0 Å². The van der Waals surface area contributed by atoms with Crippen LogP contribution in [0.5, 0.6) is 0 Å². The molecule has 4 rings (SSSR count). The van der Waals surface area contributed by atoms with E-state index in [2.05, 4.69) is 20.1 Å². The van der Waals surface area contributed by atoms with E-state index in [1.54, 1.807) is 28.0 Å². The molecule has 23 heavy (non-hydrogen) atoms. The lowest BCUT2D eigenvalue weighted by atomic mass is 10.4. The summed E-state index contributed by atoms with van der Waals surface area (Å²) in [5, 5.41) is 5.19. The minimum atomic E-state index is -0.161. The number of rotatable bonds is 3. The Morgan fingerprint density at radius 2 is 2.30 bits per heavy atom. The van der Waals surface area contributed by atoms with Crippen molar-refractivity contribution in [1.82, 2.24) is 24.7 Å². The van der Waals surface area contributed by atoms with Gasteiger partial charge in [0.05, 0.1) is 27.7 Å². The van der Waals surface area contributed by atoms with Crippen LogP contribution in [0.4, 0.5) is 5.69 Å². The molecule has 118 valence electrons. The monoisotopic (exact) mass is 348 g/mol. The predicted octanol–water partition coefficient (Wildman–Crippen LogP) is 2.24. The van der Waals surface area contributed by atoms with Crippen LogP contribution in [0.1, 0.15) is 6.42 Å². The molecule has 0 saturated carbocycles. The fraction of sp³-hybridized carbons (Fsp3) is 0.286. The van der Waals surface area contributed by atoms with Crippen LogP contribution in [0.25, 0.3) is 11.2 Å². The van der Waals surface area contributed by atoms with Crippen LogP contribution in [0.15, 0.2) is 29.8 Å². The zero-order chi connectivity index (χ0) is 16.0. The number of nitrogens with one attached hydrogen (secondary N) is 1. The largest absolute Gasteiger partial charge is 0.331 e. The number of hydrogen-bond acceptors (Lipinski definition) is 5. The number of aryl methyl sites for hydroxylation is 1. The van der Waals surface area contributed by atoms with Crippen molar-refractivity contribution in [2.45, 2.75) is 16.8 Å². The summed E-state index contributed by atoms with van der Waals surface area (Å²) in [6, 6.07) is 1.78. The van der Waals surface area contributed by atoms with E-state index < -0.39 is 0 Å². The molecule has 0 unspecified atom stereocenters. The van der Waals surface area contributed by atoms with Gasteiger partial charge in [-0.2, -0.15) is 5.10 Å². The van der Waals surface area contributed by atoms with E-state index >= 15 is 0 Å². The van der Waals surface area contributed by atoms with E-state index in [0.29, 0.717) is 22.4 Å². The van der Waals surface area contributed by atoms with Crippen LogP contribution in [0, 0.1) is 0 Å². The second-order valence-corrected chi connectivity index (χ2v) is 6.95. The van der Waals surface area contributed by atoms with E-state index in [1.165, 1.54) is 11.8 Å². The van der Waals surface area contributed by atoms with Gasteiger partial charge >= 0.3 is 0 Å². The molecule has 4 heterocycles. The standard InChI is InChI=1S/C14H13ClN6OS/c1-20-7-9(6-17-20)21-3-2-11(13(21)22)23-14-18-10-4-8(15)5-16-12(10)19-14/h4-7,11H,2-3H2,1H3,(H,16,18,19)/t11-/m0/s1. The molecule has 1 fully saturated rings. The molecule has 7 nitrogen and oxygen atoms in total. The number of thioether (sulfide) groups is 1. The first-order valence-corrected chi connectivity index (χ1v) is 8.34. The third-order valence-electron chi connectivity index (χ3n) is 3.70. The van der Waals surface area contributed by atoms with E-state index in [-0.39, 0.29) is 11.2 Å². The number of halogens is 1. The molecule has 3 aromatic heterocycles. The zero-order valence-electron chi connectivity index (χ0n) is 12.2. The third-order valence-corrected chi connectivity index (χ3v) is 5.04. The number of pyridine rings is 1. The number of fused-ring (bicyclic) bond motifs is 1. The van der Waals surface area contributed by atoms with Gasteiger partial charge in [0.1, 0.15) is 0 Å². The topological polar surface area (TPSA) is 79.7 Å². The number of carbonyl (C=O) groups excluding carboxylic acids is 1. The number of anilines is 1. The van der Waals surface area contributed by atoms with E-state index in [1.807, 2.05) is 13.2 Å². The van der Waals surface area contributed by atoms with Crippen molar-refractivity contribution < 1.29 is 4.79 Å². The van der Waals surface area contributed by atoms with Gasteiger partial charge in [0.25, 0.3) is 0 Å². The number of carbonyl (C=O) groups is 1. The van der Waals surface area contributed by atoms with Crippen LogP contribution in [-0.4, -0.2) is 42.4 Å². The Balaban J connectivity index is 1.53. The summed E-state index contributed by atoms with van der Waals surface area (Å²) in [6.07, 6.45) is 5.88. The maximum Gasteiger partial charge on any atom is 0.240 e. The molecule has 0 aromatic carbocycles. The molecule has 0 aliphatic carbocycles. The quantitative estimate of drug-likeness (QED) is 0.785. The van der Waals surface area contributed by atoms with Gasteiger partial charge in [-0.25, -0.2) is 9.97 Å². The van der Waals surface area contributed by atoms with E-state index in [9.17, 15) is 4.79 Å². The lowest BCUT2D eigenvalue weighted by Gasteiger charge is -2.13. The first-order chi connectivity index (χ1) is 11.1. The van der Waals surface area contributed by atoms with Gasteiger partial charge in [0.2, 0.25) is 5.91 Å². The average molecular weight is 349 g/mol. The highest BCUT2D eigenvalue weighted by Gasteiger charge is 2.34. The number of amides is 1. The van der Waals surface area contributed by atoms with E-state index in [0.717, 1.165) is 17.6 Å². The molecule has 1 aliphatic heterocycles. The third kappa shape index (κ3) is 2.68. The van der Waals surface area contributed by atoms with Gasteiger partial charge in [-0.3, -0.25) is 9.48 Å². The summed E-state index contributed by atoms with van der Waals surface area (Å²) in [7, 11) is 1.84. The van der Waals surface area contributed by atoms with Crippen molar-refractivity contribution in [3.63, 3.8) is 0 Å². The predicted molar refractivity (Wildman–Crippen MR) is 88.7 cm³/mol. The number of H-pyrrole nitrogens is 1. The Bertz CT molecular complexity index is 890. The fourth-order valence-electron chi connectivity index (χ4n) is 2.61. The first kappa shape index (κ1) is 14.5. The highest BCUT2D eigenvalue weighted by atomic mass is 35.5. The molecular weight excluding hydrogens is 336 g/mol. The SMILES string of the molecule is Cn1cc(N2CC[C@H](Sc3nc4ncc(Cl)cc4[nH]3)C2=O)cn1. The Morgan fingerprint density at radius 1 is 1.43 bits per heavy atom. The molecule has 1 atom stereocenters. The van der Waals surface area contributed by atoms with Gasteiger partial charge in [0, 0.05) is 26.0 Å². The number of nitrogens with zero attached hydrogens (tertiary/aromatic N) is 5. The lowest BCUT2D eigenvalue weighted by Crippen LogP contribution is -2.27. The van der Waals surface area contributed by atoms with Gasteiger partial charge in [-0.1, -0.05) is 23.4 Å². The Morgan fingerprint density at radius 3 is 3.09 bits per heavy atom. The summed E-state index contributed by atoms with van der Waals surface area (Å²) in [4.78, 5) is 26.1. The Hall–Kier alpha value is -2.06. The summed E-state index contributed by atoms with van der Waals surface area (Å²) in [5.41, 5.74) is 2.21. The molecule has 1 aliphatic rings. The first-order valence-electron chi connectivity index (χ1n) is 7.08. The molecule has 1 amide bonds. The molecule has 1 saturated heterocycles. The molecule has 0 radical (unpaired) electrons. The number of hydrogen-bond donors (Lipinski definition) is 1. The summed E-state index contributed by atoms with van der Waals surface area (Å²) in [5.74, 6) is 0.0782. The van der Waals surface area contributed by atoms with E-state index in [4.69, 9.17) is 11.6 Å². The van der Waals surface area contributed by atoms with Crippen molar-refractivity contribution in [3.05, 3.63) is 29.7 Å². The maximum absolute atomic E-state index is 12.6. The van der Waals surface area contributed by atoms with Gasteiger partial charge in [-0.15, -0.1) is 0 Å². The molecule has 0 spiro atoms. The van der Waals surface area contributed by atoms with Crippen LogP contribution in [0.2, 0.25) is 5.02 Å². The second-order valence-electron chi connectivity index (χ2n) is 5.32. The number of imidazole rings is 1. The van der Waals surface area contributed by atoms with Crippen LogP contribution < -0.4 is 4.90 Å². The second kappa shape index (κ2) is 5.54. The minimum absolute atomic E-state index is 0.0782. The average Bonchev–Trinajstić information content (AvgIpc) is 3.19. The lowest BCUT2D eigenvalue weighted by molar-refractivity contribution is -0.116. The number of aromatic nitrogens is 5. The van der Waals surface area contributed by atoms with Crippen molar-refractivity contribution in [1.29, 1.82) is 0 Å². The zero-order valence-corrected chi connectivity index (χ0v) is 13.8. The van der Waals surface area contributed by atoms with Gasteiger partial charge in [-0.05, 0) is 12.5 Å². The normalized spacial score (nSPS) is 18.3.